The number of carbonyl (C=O) groups excluding carboxylic acids is 1. The summed E-state index contributed by atoms with van der Waals surface area (Å²) >= 11 is 0. The van der Waals surface area contributed by atoms with Crippen LogP contribution in [0.25, 0.3) is 0 Å². The quantitative estimate of drug-likeness (QED) is 0.825. The summed E-state index contributed by atoms with van der Waals surface area (Å²) in [6.45, 7) is 7.99. The molecule has 0 bridgehead atoms. The highest BCUT2D eigenvalue weighted by molar-refractivity contribution is 5.94. The maximum absolute atomic E-state index is 12.0. The van der Waals surface area contributed by atoms with Gasteiger partial charge in [0.1, 0.15) is 11.4 Å². The Morgan fingerprint density at radius 1 is 1.58 bits per heavy atom. The van der Waals surface area contributed by atoms with E-state index in [2.05, 4.69) is 17.2 Å². The van der Waals surface area contributed by atoms with Crippen LogP contribution in [0.2, 0.25) is 0 Å². The smallest absolute Gasteiger partial charge is 0.342 e. The Labute approximate surface area is 113 Å². The minimum Gasteiger partial charge on any atom is -0.459 e. The number of ether oxygens (including phenoxy) is 2. The molecular formula is C14H20N2O3. The first-order valence-electron chi connectivity index (χ1n) is 6.48. The van der Waals surface area contributed by atoms with Crippen molar-refractivity contribution in [1.29, 1.82) is 0 Å². The van der Waals surface area contributed by atoms with Gasteiger partial charge in [-0.05, 0) is 26.0 Å². The molecule has 0 aromatic carbocycles. The molecule has 1 aliphatic heterocycles. The molecule has 0 spiro atoms. The van der Waals surface area contributed by atoms with Gasteiger partial charge < -0.3 is 14.8 Å². The maximum atomic E-state index is 12.0. The molecule has 0 saturated carbocycles. The topological polar surface area (TPSA) is 60.5 Å². The van der Waals surface area contributed by atoms with Crippen molar-refractivity contribution in [3.8, 4) is 0 Å². The first-order valence-corrected chi connectivity index (χ1v) is 6.48. The summed E-state index contributed by atoms with van der Waals surface area (Å²) in [4.78, 5) is 16.2. The van der Waals surface area contributed by atoms with Crippen molar-refractivity contribution in [2.45, 2.75) is 26.9 Å². The van der Waals surface area contributed by atoms with Gasteiger partial charge in [0.2, 0.25) is 0 Å². The number of hydrogen-bond donors (Lipinski definition) is 1. The second-order valence-electron chi connectivity index (χ2n) is 5.51. The molecule has 1 N–H and O–H groups in total. The Bertz CT molecular complexity index is 456. The average Bonchev–Trinajstić information content (AvgIpc) is 2.33. The molecule has 0 atom stereocenters. The van der Waals surface area contributed by atoms with E-state index in [1.807, 2.05) is 13.8 Å². The van der Waals surface area contributed by atoms with Gasteiger partial charge in [0.05, 0.1) is 19.3 Å². The predicted octanol–water partition coefficient (Wildman–Crippen LogP) is 2.10. The Morgan fingerprint density at radius 2 is 2.32 bits per heavy atom. The number of aromatic nitrogens is 1. The van der Waals surface area contributed by atoms with Crippen molar-refractivity contribution in [2.75, 3.05) is 25.1 Å². The van der Waals surface area contributed by atoms with E-state index in [-0.39, 0.29) is 17.5 Å². The molecule has 1 aromatic rings. The van der Waals surface area contributed by atoms with Gasteiger partial charge in [0.15, 0.2) is 0 Å². The van der Waals surface area contributed by atoms with E-state index in [1.165, 1.54) is 0 Å². The number of pyridine rings is 1. The van der Waals surface area contributed by atoms with Crippen LogP contribution >= 0.6 is 0 Å². The van der Waals surface area contributed by atoms with Gasteiger partial charge >= 0.3 is 5.97 Å². The summed E-state index contributed by atoms with van der Waals surface area (Å²) in [5, 5.41) is 3.22. The van der Waals surface area contributed by atoms with Gasteiger partial charge in [0.25, 0.3) is 0 Å². The zero-order chi connectivity index (χ0) is 13.9. The van der Waals surface area contributed by atoms with Crippen LogP contribution in [0.15, 0.2) is 18.3 Å². The summed E-state index contributed by atoms with van der Waals surface area (Å²) in [7, 11) is 0. The van der Waals surface area contributed by atoms with Crippen LogP contribution in [0.1, 0.15) is 31.1 Å². The molecule has 19 heavy (non-hydrogen) atoms. The van der Waals surface area contributed by atoms with Gasteiger partial charge in [-0.1, -0.05) is 6.92 Å². The molecule has 0 radical (unpaired) electrons. The highest BCUT2D eigenvalue weighted by atomic mass is 16.5. The van der Waals surface area contributed by atoms with E-state index in [0.717, 1.165) is 19.8 Å². The molecule has 1 fully saturated rings. The third-order valence-electron chi connectivity index (χ3n) is 2.95. The summed E-state index contributed by atoms with van der Waals surface area (Å²) in [6.07, 6.45) is 1.52. The third-order valence-corrected chi connectivity index (χ3v) is 2.95. The molecule has 0 aliphatic carbocycles. The lowest BCUT2D eigenvalue weighted by Gasteiger charge is -2.38. The molecule has 2 heterocycles. The fourth-order valence-corrected chi connectivity index (χ4v) is 1.84. The Morgan fingerprint density at radius 3 is 2.89 bits per heavy atom. The number of nitrogens with zero attached hydrogens (tertiary/aromatic N) is 1. The van der Waals surface area contributed by atoms with Crippen LogP contribution in [-0.2, 0) is 9.47 Å². The maximum Gasteiger partial charge on any atom is 0.342 e. The minimum absolute atomic E-state index is 0.122. The fraction of sp³-hybridized carbons (Fsp3) is 0.571. The van der Waals surface area contributed by atoms with E-state index in [4.69, 9.17) is 9.47 Å². The van der Waals surface area contributed by atoms with Gasteiger partial charge in [-0.25, -0.2) is 9.78 Å². The summed E-state index contributed by atoms with van der Waals surface area (Å²) in [5.41, 5.74) is 0.594. The van der Waals surface area contributed by atoms with Crippen molar-refractivity contribution < 1.29 is 14.3 Å². The molecule has 1 aliphatic rings. The third kappa shape index (κ3) is 3.44. The standard InChI is InChI=1S/C14H20N2O3/c1-10(2)19-13(17)11-5-4-6-15-12(11)16-7-14(3)8-18-9-14/h4-6,10H,7-9H2,1-3H3,(H,15,16). The molecule has 1 saturated heterocycles. The average molecular weight is 264 g/mol. The first-order chi connectivity index (χ1) is 9.00. The number of anilines is 1. The number of esters is 1. The fourth-order valence-electron chi connectivity index (χ4n) is 1.84. The number of carbonyl (C=O) groups is 1. The van der Waals surface area contributed by atoms with Crippen LogP contribution in [0.4, 0.5) is 5.82 Å². The van der Waals surface area contributed by atoms with Crippen molar-refractivity contribution in [2.24, 2.45) is 5.41 Å². The van der Waals surface area contributed by atoms with Crippen LogP contribution in [0.5, 0.6) is 0 Å². The highest BCUT2D eigenvalue weighted by Gasteiger charge is 2.33. The van der Waals surface area contributed by atoms with Crippen molar-refractivity contribution >= 4 is 11.8 Å². The summed E-state index contributed by atoms with van der Waals surface area (Å²) in [5.74, 6) is 0.224. The predicted molar refractivity (Wildman–Crippen MR) is 72.2 cm³/mol. The molecule has 5 nitrogen and oxygen atoms in total. The zero-order valence-corrected chi connectivity index (χ0v) is 11.6. The number of rotatable bonds is 5. The second kappa shape index (κ2) is 5.57. The van der Waals surface area contributed by atoms with Crippen molar-refractivity contribution in [1.82, 2.24) is 4.98 Å². The van der Waals surface area contributed by atoms with Crippen LogP contribution in [-0.4, -0.2) is 36.8 Å². The SMILES string of the molecule is CC(C)OC(=O)c1cccnc1NCC1(C)COC1. The van der Waals surface area contributed by atoms with Gasteiger partial charge in [-0.2, -0.15) is 0 Å². The van der Waals surface area contributed by atoms with E-state index in [0.29, 0.717) is 11.4 Å². The first kappa shape index (κ1) is 13.8. The van der Waals surface area contributed by atoms with Crippen molar-refractivity contribution in [3.05, 3.63) is 23.9 Å². The molecule has 0 amide bonds. The normalized spacial score (nSPS) is 16.8. The lowest BCUT2D eigenvalue weighted by atomic mass is 9.89. The molecule has 5 heteroatoms. The molecule has 104 valence electrons. The van der Waals surface area contributed by atoms with Gasteiger partial charge in [0, 0.05) is 18.2 Å². The van der Waals surface area contributed by atoms with E-state index >= 15 is 0 Å². The lowest BCUT2D eigenvalue weighted by Crippen LogP contribution is -2.45. The largest absolute Gasteiger partial charge is 0.459 e. The molecule has 0 unspecified atom stereocenters. The highest BCUT2D eigenvalue weighted by Crippen LogP contribution is 2.27. The summed E-state index contributed by atoms with van der Waals surface area (Å²) in [6, 6.07) is 3.45. The second-order valence-corrected chi connectivity index (χ2v) is 5.51. The number of nitrogens with one attached hydrogen (secondary N) is 1. The van der Waals surface area contributed by atoms with E-state index in [1.54, 1.807) is 18.3 Å². The number of hydrogen-bond acceptors (Lipinski definition) is 5. The van der Waals surface area contributed by atoms with Crippen molar-refractivity contribution in [3.63, 3.8) is 0 Å². The lowest BCUT2D eigenvalue weighted by molar-refractivity contribution is -0.0924. The van der Waals surface area contributed by atoms with Gasteiger partial charge in [-0.15, -0.1) is 0 Å². The molecule has 1 aromatic heterocycles. The van der Waals surface area contributed by atoms with Crippen LogP contribution in [0.3, 0.4) is 0 Å². The zero-order valence-electron chi connectivity index (χ0n) is 11.6. The minimum atomic E-state index is -0.347. The summed E-state index contributed by atoms with van der Waals surface area (Å²) < 4.78 is 10.4. The molecule has 2 rings (SSSR count). The Hall–Kier alpha value is -1.62. The van der Waals surface area contributed by atoms with Crippen LogP contribution < -0.4 is 5.32 Å². The Kier molecular flexibility index (Phi) is 4.04. The molecular weight excluding hydrogens is 244 g/mol. The Balaban J connectivity index is 2.05. The van der Waals surface area contributed by atoms with Gasteiger partial charge in [-0.3, -0.25) is 0 Å². The van der Waals surface area contributed by atoms with E-state index in [9.17, 15) is 4.79 Å². The monoisotopic (exact) mass is 264 g/mol. The van der Waals surface area contributed by atoms with E-state index < -0.39 is 0 Å². The van der Waals surface area contributed by atoms with Crippen LogP contribution in [0, 0.1) is 5.41 Å².